The molecule has 1 saturated carbocycles. The van der Waals surface area contributed by atoms with E-state index in [9.17, 15) is 4.79 Å². The number of hydrogen-bond donors (Lipinski definition) is 2. The van der Waals surface area contributed by atoms with Gasteiger partial charge in [-0.2, -0.15) is 0 Å². The van der Waals surface area contributed by atoms with Crippen molar-refractivity contribution in [2.75, 3.05) is 13.1 Å². The predicted octanol–water partition coefficient (Wildman–Crippen LogP) is 2.30. The Morgan fingerprint density at radius 1 is 1.24 bits per heavy atom. The number of nitrogens with zero attached hydrogens (tertiary/aromatic N) is 2. The fourth-order valence-corrected chi connectivity index (χ4v) is 4.51. The van der Waals surface area contributed by atoms with Crippen LogP contribution in [0.2, 0.25) is 0 Å². The van der Waals surface area contributed by atoms with Gasteiger partial charge in [-0.15, -0.1) is 0 Å². The summed E-state index contributed by atoms with van der Waals surface area (Å²) in [5.41, 5.74) is 1.62. The maximum Gasteiger partial charge on any atom is 0.224 e. The quantitative estimate of drug-likeness (QED) is 0.773. The van der Waals surface area contributed by atoms with Crippen molar-refractivity contribution in [3.05, 3.63) is 48.4 Å². The van der Waals surface area contributed by atoms with Crippen molar-refractivity contribution in [1.82, 2.24) is 20.0 Å². The molecule has 3 aromatic rings. The lowest BCUT2D eigenvalue weighted by molar-refractivity contribution is -0.124. The molecule has 1 saturated heterocycles. The number of fused-ring (bicyclic) bond motifs is 4. The Morgan fingerprint density at radius 3 is 2.72 bits per heavy atom. The van der Waals surface area contributed by atoms with Gasteiger partial charge in [-0.1, -0.05) is 24.3 Å². The Hall–Kier alpha value is -2.40. The molecule has 2 aliphatic rings. The van der Waals surface area contributed by atoms with Gasteiger partial charge < -0.3 is 15.0 Å². The van der Waals surface area contributed by atoms with Crippen LogP contribution in [0.25, 0.3) is 16.4 Å². The van der Waals surface area contributed by atoms with Crippen molar-refractivity contribution in [3.63, 3.8) is 0 Å². The molecule has 0 spiro atoms. The molecule has 25 heavy (non-hydrogen) atoms. The molecule has 0 radical (unpaired) electrons. The van der Waals surface area contributed by atoms with E-state index in [2.05, 4.69) is 47.8 Å². The number of carbonyl (C=O) groups is 1. The normalized spacial score (nSPS) is 25.3. The number of amides is 1. The maximum absolute atomic E-state index is 12.8. The monoisotopic (exact) mass is 334 g/mol. The van der Waals surface area contributed by atoms with Crippen LogP contribution in [-0.2, 0) is 10.3 Å². The van der Waals surface area contributed by atoms with E-state index in [0.717, 1.165) is 35.1 Å². The second-order valence-corrected chi connectivity index (χ2v) is 7.87. The zero-order valence-electron chi connectivity index (χ0n) is 14.5. The van der Waals surface area contributed by atoms with E-state index in [-0.39, 0.29) is 11.8 Å². The summed E-state index contributed by atoms with van der Waals surface area (Å²) in [6, 6.07) is 8.28. The highest BCUT2D eigenvalue weighted by molar-refractivity contribution is 5.97. The Kier molecular flexibility index (Phi) is 3.01. The minimum absolute atomic E-state index is 0.184. The van der Waals surface area contributed by atoms with Crippen LogP contribution in [0.15, 0.2) is 42.9 Å². The molecule has 128 valence electrons. The summed E-state index contributed by atoms with van der Waals surface area (Å²) in [7, 11) is 0. The summed E-state index contributed by atoms with van der Waals surface area (Å²) in [4.78, 5) is 17.3. The number of pyridine rings is 1. The van der Waals surface area contributed by atoms with Crippen molar-refractivity contribution in [3.8, 4) is 0 Å². The number of carbonyl (C=O) groups excluding carboxylic acids is 1. The smallest absolute Gasteiger partial charge is 0.224 e. The van der Waals surface area contributed by atoms with Crippen molar-refractivity contribution in [2.24, 2.45) is 17.8 Å². The second kappa shape index (κ2) is 5.05. The lowest BCUT2D eigenvalue weighted by Gasteiger charge is -2.29. The SMILES string of the molecule is CC(C)(NC(=O)[C@H]1[C@@H]2CNC[C@@H]21)c1cn2ccnc2c2ccccc12. The van der Waals surface area contributed by atoms with Crippen molar-refractivity contribution >= 4 is 22.3 Å². The molecule has 0 unspecified atom stereocenters. The number of nitrogens with one attached hydrogen (secondary N) is 2. The van der Waals surface area contributed by atoms with E-state index in [1.807, 2.05) is 28.9 Å². The van der Waals surface area contributed by atoms with Gasteiger partial charge in [0, 0.05) is 35.5 Å². The predicted molar refractivity (Wildman–Crippen MR) is 97.2 cm³/mol. The van der Waals surface area contributed by atoms with Crippen LogP contribution in [0, 0.1) is 17.8 Å². The number of rotatable bonds is 3. The number of benzene rings is 1. The first-order valence-electron chi connectivity index (χ1n) is 8.94. The van der Waals surface area contributed by atoms with E-state index in [1.54, 1.807) is 0 Å². The highest BCUT2D eigenvalue weighted by Gasteiger charge is 2.57. The minimum atomic E-state index is -0.445. The maximum atomic E-state index is 12.8. The molecule has 5 nitrogen and oxygen atoms in total. The molecule has 2 aromatic heterocycles. The molecule has 1 amide bonds. The van der Waals surface area contributed by atoms with Gasteiger partial charge in [0.1, 0.15) is 5.65 Å². The first kappa shape index (κ1) is 14.9. The molecule has 3 atom stereocenters. The van der Waals surface area contributed by atoms with Gasteiger partial charge in [0.15, 0.2) is 0 Å². The molecule has 0 bridgehead atoms. The molecule has 2 fully saturated rings. The Bertz CT molecular complexity index is 980. The third kappa shape index (κ3) is 2.19. The number of piperidine rings is 1. The third-order valence-corrected chi connectivity index (χ3v) is 5.90. The molecule has 5 heteroatoms. The Morgan fingerprint density at radius 2 is 1.96 bits per heavy atom. The standard InChI is InChI=1S/C20H22N4O/c1-20(2,23-19(25)17-14-9-21-10-15(14)17)16-11-24-8-7-22-18(24)13-6-4-3-5-12(13)16/h3-8,11,14-15,17,21H,9-10H2,1-2H3,(H,23,25)/t14-,15+,17+. The summed E-state index contributed by atoms with van der Waals surface area (Å²) in [6.45, 7) is 6.14. The number of aromatic nitrogens is 2. The van der Waals surface area contributed by atoms with Crippen LogP contribution in [0.3, 0.4) is 0 Å². The van der Waals surface area contributed by atoms with E-state index < -0.39 is 5.54 Å². The van der Waals surface area contributed by atoms with Crippen LogP contribution in [-0.4, -0.2) is 28.4 Å². The largest absolute Gasteiger partial charge is 0.347 e. The van der Waals surface area contributed by atoms with Gasteiger partial charge in [0.2, 0.25) is 5.91 Å². The van der Waals surface area contributed by atoms with Gasteiger partial charge >= 0.3 is 0 Å². The average Bonchev–Trinajstić information content (AvgIpc) is 2.95. The molecule has 1 aromatic carbocycles. The molecule has 3 heterocycles. The molecule has 2 N–H and O–H groups in total. The van der Waals surface area contributed by atoms with Crippen LogP contribution >= 0.6 is 0 Å². The summed E-state index contributed by atoms with van der Waals surface area (Å²) in [6.07, 6.45) is 5.87. The second-order valence-electron chi connectivity index (χ2n) is 7.87. The van der Waals surface area contributed by atoms with Crippen molar-refractivity contribution in [2.45, 2.75) is 19.4 Å². The zero-order chi connectivity index (χ0) is 17.2. The minimum Gasteiger partial charge on any atom is -0.347 e. The van der Waals surface area contributed by atoms with Gasteiger partial charge in [-0.25, -0.2) is 4.98 Å². The van der Waals surface area contributed by atoms with Crippen LogP contribution in [0.4, 0.5) is 0 Å². The summed E-state index contributed by atoms with van der Waals surface area (Å²) in [5.74, 6) is 1.44. The molecule has 1 aliphatic heterocycles. The van der Waals surface area contributed by atoms with E-state index in [0.29, 0.717) is 11.8 Å². The number of hydrogen-bond acceptors (Lipinski definition) is 3. The van der Waals surface area contributed by atoms with Gasteiger partial charge in [0.05, 0.1) is 5.54 Å². The lowest BCUT2D eigenvalue weighted by atomic mass is 9.90. The van der Waals surface area contributed by atoms with E-state index >= 15 is 0 Å². The first-order valence-corrected chi connectivity index (χ1v) is 8.94. The molecule has 5 rings (SSSR count). The Balaban J connectivity index is 1.55. The fourth-order valence-electron chi connectivity index (χ4n) is 4.51. The molecular formula is C20H22N4O. The highest BCUT2D eigenvalue weighted by Crippen LogP contribution is 2.49. The van der Waals surface area contributed by atoms with Crippen LogP contribution in [0.5, 0.6) is 0 Å². The average molecular weight is 334 g/mol. The van der Waals surface area contributed by atoms with Gasteiger partial charge in [-0.05, 0) is 44.2 Å². The molecular weight excluding hydrogens is 312 g/mol. The van der Waals surface area contributed by atoms with Crippen molar-refractivity contribution in [1.29, 1.82) is 0 Å². The summed E-state index contributed by atoms with van der Waals surface area (Å²) in [5, 5.41) is 8.92. The molecule has 1 aliphatic carbocycles. The topological polar surface area (TPSA) is 58.4 Å². The summed E-state index contributed by atoms with van der Waals surface area (Å²) >= 11 is 0. The van der Waals surface area contributed by atoms with Gasteiger partial charge in [-0.3, -0.25) is 4.79 Å². The fraction of sp³-hybridized carbons (Fsp3) is 0.400. The first-order chi connectivity index (χ1) is 12.1. The van der Waals surface area contributed by atoms with Gasteiger partial charge in [0.25, 0.3) is 0 Å². The lowest BCUT2D eigenvalue weighted by Crippen LogP contribution is -2.43. The van der Waals surface area contributed by atoms with Crippen molar-refractivity contribution < 1.29 is 4.79 Å². The third-order valence-electron chi connectivity index (χ3n) is 5.90. The van der Waals surface area contributed by atoms with E-state index in [1.165, 1.54) is 0 Å². The zero-order valence-corrected chi connectivity index (χ0v) is 14.5. The summed E-state index contributed by atoms with van der Waals surface area (Å²) < 4.78 is 2.04. The van der Waals surface area contributed by atoms with Crippen LogP contribution < -0.4 is 10.6 Å². The van der Waals surface area contributed by atoms with Crippen LogP contribution in [0.1, 0.15) is 19.4 Å². The number of imidazole rings is 1. The van der Waals surface area contributed by atoms with E-state index in [4.69, 9.17) is 0 Å². The highest BCUT2D eigenvalue weighted by atomic mass is 16.2. The Labute approximate surface area is 146 Å².